The van der Waals surface area contributed by atoms with Crippen molar-refractivity contribution in [3.63, 3.8) is 0 Å². The summed E-state index contributed by atoms with van der Waals surface area (Å²) in [6.45, 7) is 1.68. The van der Waals surface area contributed by atoms with Crippen LogP contribution in [0, 0.1) is 0 Å². The van der Waals surface area contributed by atoms with Gasteiger partial charge in [-0.25, -0.2) is 4.79 Å². The number of hydrogen-bond acceptors (Lipinski definition) is 5. The second-order valence-corrected chi connectivity index (χ2v) is 6.01. The second-order valence-electron chi connectivity index (χ2n) is 4.97. The Balaban J connectivity index is 1.67. The number of furan rings is 1. The Labute approximate surface area is 122 Å². The summed E-state index contributed by atoms with van der Waals surface area (Å²) >= 11 is 1.77. The van der Waals surface area contributed by atoms with E-state index in [1.165, 1.54) is 24.8 Å². The molecule has 0 bridgehead atoms. The summed E-state index contributed by atoms with van der Waals surface area (Å²) in [5, 5.41) is 2.10. The Morgan fingerprint density at radius 2 is 2.25 bits per heavy atom. The van der Waals surface area contributed by atoms with E-state index in [-0.39, 0.29) is 5.76 Å². The molecule has 1 fully saturated rings. The third-order valence-electron chi connectivity index (χ3n) is 3.41. The third kappa shape index (κ3) is 3.11. The van der Waals surface area contributed by atoms with Crippen molar-refractivity contribution in [1.82, 2.24) is 4.90 Å². The van der Waals surface area contributed by atoms with E-state index >= 15 is 0 Å². The Bertz CT molecular complexity index is 572. The van der Waals surface area contributed by atoms with Crippen molar-refractivity contribution in [3.8, 4) is 0 Å². The van der Waals surface area contributed by atoms with E-state index in [0.717, 1.165) is 18.8 Å². The van der Waals surface area contributed by atoms with E-state index in [4.69, 9.17) is 4.42 Å². The van der Waals surface area contributed by atoms with Crippen LogP contribution in [0.3, 0.4) is 0 Å². The van der Waals surface area contributed by atoms with Gasteiger partial charge in [-0.15, -0.1) is 11.3 Å². The minimum absolute atomic E-state index is 0.273. The van der Waals surface area contributed by atoms with Crippen LogP contribution in [-0.2, 0) is 17.8 Å². The number of methoxy groups -OCH3 is 1. The van der Waals surface area contributed by atoms with Gasteiger partial charge in [-0.1, -0.05) is 6.07 Å². The Morgan fingerprint density at radius 1 is 1.40 bits per heavy atom. The zero-order chi connectivity index (χ0) is 13.9. The number of hydrogen-bond donors (Lipinski definition) is 0. The van der Waals surface area contributed by atoms with E-state index in [1.807, 2.05) is 6.07 Å². The van der Waals surface area contributed by atoms with Gasteiger partial charge in [0.15, 0.2) is 0 Å². The average molecular weight is 291 g/mol. The van der Waals surface area contributed by atoms with Gasteiger partial charge in [0.05, 0.1) is 13.7 Å². The fourth-order valence-corrected chi connectivity index (χ4v) is 2.96. The van der Waals surface area contributed by atoms with Crippen molar-refractivity contribution in [3.05, 3.63) is 46.0 Å². The molecule has 0 atom stereocenters. The van der Waals surface area contributed by atoms with Crippen molar-refractivity contribution in [2.24, 2.45) is 0 Å². The first-order valence-electron chi connectivity index (χ1n) is 6.69. The van der Waals surface area contributed by atoms with E-state index in [2.05, 4.69) is 27.1 Å². The van der Waals surface area contributed by atoms with Gasteiger partial charge in [0, 0.05) is 17.5 Å². The minimum Gasteiger partial charge on any atom is -0.463 e. The molecule has 0 N–H and O–H groups in total. The fourth-order valence-electron chi connectivity index (χ4n) is 2.23. The average Bonchev–Trinajstić information content (AvgIpc) is 2.99. The number of thiophene rings is 1. The molecule has 20 heavy (non-hydrogen) atoms. The van der Waals surface area contributed by atoms with Crippen molar-refractivity contribution in [2.45, 2.75) is 32.0 Å². The van der Waals surface area contributed by atoms with Gasteiger partial charge >= 0.3 is 5.97 Å². The predicted octanol–water partition coefficient (Wildman–Crippen LogP) is 3.29. The monoisotopic (exact) mass is 291 g/mol. The highest BCUT2D eigenvalue weighted by atomic mass is 32.1. The van der Waals surface area contributed by atoms with Gasteiger partial charge in [0.1, 0.15) is 5.76 Å². The molecule has 3 rings (SSSR count). The maximum atomic E-state index is 11.4. The molecule has 5 heteroatoms. The molecule has 2 aromatic rings. The standard InChI is InChI=1S/C15H17NO3S/c1-18-15(17)14-7-6-12(19-14)9-16(11-4-5-11)10-13-3-2-8-20-13/h2-3,6-8,11H,4-5,9-10H2,1H3. The smallest absolute Gasteiger partial charge is 0.373 e. The number of rotatable bonds is 6. The second kappa shape index (κ2) is 5.81. The van der Waals surface area contributed by atoms with Crippen molar-refractivity contribution < 1.29 is 13.9 Å². The van der Waals surface area contributed by atoms with E-state index in [0.29, 0.717) is 6.04 Å². The van der Waals surface area contributed by atoms with Crippen LogP contribution >= 0.6 is 11.3 Å². The van der Waals surface area contributed by atoms with Crippen LogP contribution in [0.5, 0.6) is 0 Å². The van der Waals surface area contributed by atoms with E-state index in [1.54, 1.807) is 17.4 Å². The van der Waals surface area contributed by atoms with Gasteiger partial charge in [-0.05, 0) is 36.4 Å². The number of nitrogens with zero attached hydrogens (tertiary/aromatic N) is 1. The maximum absolute atomic E-state index is 11.4. The third-order valence-corrected chi connectivity index (χ3v) is 4.27. The SMILES string of the molecule is COC(=O)c1ccc(CN(Cc2cccs2)C2CC2)o1. The molecular formula is C15H17NO3S. The summed E-state index contributed by atoms with van der Waals surface area (Å²) in [5.41, 5.74) is 0. The molecule has 2 aromatic heterocycles. The van der Waals surface area contributed by atoms with Crippen LogP contribution in [-0.4, -0.2) is 24.0 Å². The highest BCUT2D eigenvalue weighted by molar-refractivity contribution is 7.09. The lowest BCUT2D eigenvalue weighted by atomic mass is 10.3. The Morgan fingerprint density at radius 3 is 2.90 bits per heavy atom. The van der Waals surface area contributed by atoms with Crippen LogP contribution in [0.25, 0.3) is 0 Å². The Kier molecular flexibility index (Phi) is 3.89. The topological polar surface area (TPSA) is 42.7 Å². The number of carbonyl (C=O) groups is 1. The van der Waals surface area contributed by atoms with Crippen LogP contribution in [0.15, 0.2) is 34.1 Å². The Hall–Kier alpha value is -1.59. The van der Waals surface area contributed by atoms with Gasteiger partial charge in [0.25, 0.3) is 0 Å². The molecule has 106 valence electrons. The minimum atomic E-state index is -0.424. The normalized spacial score (nSPS) is 14.7. The number of esters is 1. The van der Waals surface area contributed by atoms with Gasteiger partial charge in [-0.2, -0.15) is 0 Å². The lowest BCUT2D eigenvalue weighted by Crippen LogP contribution is -2.24. The quantitative estimate of drug-likeness (QED) is 0.766. The molecule has 0 spiro atoms. The highest BCUT2D eigenvalue weighted by Gasteiger charge is 2.30. The lowest BCUT2D eigenvalue weighted by molar-refractivity contribution is 0.0561. The van der Waals surface area contributed by atoms with E-state index in [9.17, 15) is 4.79 Å². The zero-order valence-corrected chi connectivity index (χ0v) is 12.2. The van der Waals surface area contributed by atoms with Crippen molar-refractivity contribution >= 4 is 17.3 Å². The highest BCUT2D eigenvalue weighted by Crippen LogP contribution is 2.30. The molecule has 0 amide bonds. The van der Waals surface area contributed by atoms with Crippen LogP contribution in [0.2, 0.25) is 0 Å². The summed E-state index contributed by atoms with van der Waals surface area (Å²) < 4.78 is 10.2. The summed E-state index contributed by atoms with van der Waals surface area (Å²) in [6.07, 6.45) is 2.49. The molecule has 1 saturated carbocycles. The zero-order valence-electron chi connectivity index (χ0n) is 11.4. The molecule has 4 nitrogen and oxygen atoms in total. The van der Waals surface area contributed by atoms with E-state index < -0.39 is 5.97 Å². The van der Waals surface area contributed by atoms with Crippen LogP contribution in [0.4, 0.5) is 0 Å². The maximum Gasteiger partial charge on any atom is 0.373 e. The van der Waals surface area contributed by atoms with Crippen LogP contribution in [0.1, 0.15) is 34.0 Å². The molecular weight excluding hydrogens is 274 g/mol. The summed E-state index contributed by atoms with van der Waals surface area (Å²) in [7, 11) is 1.36. The van der Waals surface area contributed by atoms with Gasteiger partial charge in [-0.3, -0.25) is 4.90 Å². The van der Waals surface area contributed by atoms with Crippen molar-refractivity contribution in [1.29, 1.82) is 0 Å². The van der Waals surface area contributed by atoms with Gasteiger partial charge in [0.2, 0.25) is 5.76 Å². The number of ether oxygens (including phenoxy) is 1. The molecule has 0 aromatic carbocycles. The fraction of sp³-hybridized carbons (Fsp3) is 0.400. The molecule has 1 aliphatic rings. The first-order chi connectivity index (χ1) is 9.76. The number of carbonyl (C=O) groups excluding carboxylic acids is 1. The predicted molar refractivity (Wildman–Crippen MR) is 76.6 cm³/mol. The van der Waals surface area contributed by atoms with Crippen molar-refractivity contribution in [2.75, 3.05) is 7.11 Å². The molecule has 1 aliphatic carbocycles. The summed E-state index contributed by atoms with van der Waals surface area (Å²) in [4.78, 5) is 15.2. The lowest BCUT2D eigenvalue weighted by Gasteiger charge is -2.19. The largest absolute Gasteiger partial charge is 0.463 e. The van der Waals surface area contributed by atoms with Crippen LogP contribution < -0.4 is 0 Å². The first-order valence-corrected chi connectivity index (χ1v) is 7.57. The first kappa shape index (κ1) is 13.4. The van der Waals surface area contributed by atoms with Gasteiger partial charge < -0.3 is 9.15 Å². The molecule has 0 aliphatic heterocycles. The summed E-state index contributed by atoms with van der Waals surface area (Å²) in [6, 6.07) is 8.41. The summed E-state index contributed by atoms with van der Waals surface area (Å²) in [5.74, 6) is 0.663. The molecule has 0 unspecified atom stereocenters. The molecule has 2 heterocycles. The molecule has 0 saturated heterocycles. The molecule has 0 radical (unpaired) electrons.